The summed E-state index contributed by atoms with van der Waals surface area (Å²) in [5, 5.41) is 10.5. The lowest BCUT2D eigenvalue weighted by Gasteiger charge is -2.37. The molecule has 1 unspecified atom stereocenters. The molecule has 1 aliphatic heterocycles. The number of aryl methyl sites for hydroxylation is 1. The number of benzene rings is 3. The number of β-amino-alcohol motifs (C(OH)–C–C–N with tert-alkyl or cyclic N) is 1. The molecule has 0 aromatic heterocycles. The highest BCUT2D eigenvalue weighted by Crippen LogP contribution is 2.30. The third-order valence-corrected chi connectivity index (χ3v) is 6.63. The van der Waals surface area contributed by atoms with Crippen molar-refractivity contribution in [3.05, 3.63) is 95.1 Å². The predicted octanol–water partition coefficient (Wildman–Crippen LogP) is 5.36. The molecule has 1 saturated heterocycles. The lowest BCUT2D eigenvalue weighted by molar-refractivity contribution is -0.137. The van der Waals surface area contributed by atoms with Gasteiger partial charge in [0.15, 0.2) is 5.78 Å². The fraction of sp³-hybridized carbons (Fsp3) is 0.345. The summed E-state index contributed by atoms with van der Waals surface area (Å²) in [6.07, 6.45) is -4.82. The first-order valence-corrected chi connectivity index (χ1v) is 12.6. The van der Waals surface area contributed by atoms with Crippen molar-refractivity contribution in [2.75, 3.05) is 44.2 Å². The Morgan fingerprint density at radius 1 is 0.897 bits per heavy atom. The van der Waals surface area contributed by atoms with Crippen LogP contribution >= 0.6 is 0 Å². The van der Waals surface area contributed by atoms with Gasteiger partial charge in [0, 0.05) is 44.8 Å². The van der Waals surface area contributed by atoms with E-state index in [2.05, 4.69) is 0 Å². The molecule has 1 heterocycles. The van der Waals surface area contributed by atoms with Crippen molar-refractivity contribution in [1.29, 1.82) is 0 Å². The number of nitrogens with zero attached hydrogens (tertiary/aromatic N) is 2. The molecule has 10 heteroatoms. The van der Waals surface area contributed by atoms with Crippen molar-refractivity contribution in [3.8, 4) is 5.75 Å². The summed E-state index contributed by atoms with van der Waals surface area (Å²) in [6.45, 7) is 2.57. The molecule has 1 fully saturated rings. The van der Waals surface area contributed by atoms with E-state index in [9.17, 15) is 31.9 Å². The second kappa shape index (κ2) is 12.6. The number of halogens is 5. The predicted molar refractivity (Wildman–Crippen MR) is 137 cm³/mol. The Morgan fingerprint density at radius 3 is 2.18 bits per heavy atom. The van der Waals surface area contributed by atoms with Crippen LogP contribution in [0.25, 0.3) is 0 Å². The van der Waals surface area contributed by atoms with Crippen LogP contribution in [0.1, 0.15) is 27.9 Å². The van der Waals surface area contributed by atoms with E-state index in [1.807, 2.05) is 9.80 Å². The fourth-order valence-electron chi connectivity index (χ4n) is 4.48. The molecular formula is C29H29F5N2O3. The molecule has 39 heavy (non-hydrogen) atoms. The van der Waals surface area contributed by atoms with Gasteiger partial charge in [-0.05, 0) is 66.6 Å². The van der Waals surface area contributed by atoms with Crippen LogP contribution < -0.4 is 9.64 Å². The van der Waals surface area contributed by atoms with Crippen molar-refractivity contribution in [2.45, 2.75) is 25.1 Å². The Labute approximate surface area is 223 Å². The van der Waals surface area contributed by atoms with E-state index in [-0.39, 0.29) is 35.9 Å². The van der Waals surface area contributed by atoms with Crippen LogP contribution in [0.4, 0.5) is 27.6 Å². The normalized spacial score (nSPS) is 15.3. The van der Waals surface area contributed by atoms with Crippen molar-refractivity contribution in [2.24, 2.45) is 0 Å². The summed E-state index contributed by atoms with van der Waals surface area (Å²) in [5.74, 6) is -1.11. The topological polar surface area (TPSA) is 53.0 Å². The standard InChI is InChI=1S/C29H29F5N2O3/c30-22-6-1-20(2-7-22)3-11-27(38)26-17-23(31)8-12-28(26)39-19-25(37)18-35-13-15-36(16-14-35)24-9-4-21(5-10-24)29(32,33)34/h1-2,4-10,12,17,25,37H,3,11,13-16,18-19H2. The average molecular weight is 549 g/mol. The first-order valence-electron chi connectivity index (χ1n) is 12.6. The molecule has 0 spiro atoms. The minimum atomic E-state index is -4.37. The second-order valence-electron chi connectivity index (χ2n) is 9.49. The Morgan fingerprint density at radius 2 is 1.54 bits per heavy atom. The number of ether oxygens (including phenoxy) is 1. The van der Waals surface area contributed by atoms with Gasteiger partial charge < -0.3 is 14.7 Å². The van der Waals surface area contributed by atoms with E-state index < -0.39 is 23.7 Å². The molecule has 4 rings (SSSR count). The van der Waals surface area contributed by atoms with Crippen LogP contribution in [-0.4, -0.2) is 61.2 Å². The number of hydrogen-bond donors (Lipinski definition) is 1. The number of aliphatic hydroxyl groups is 1. The smallest absolute Gasteiger partial charge is 0.416 e. The molecule has 1 aliphatic rings. The van der Waals surface area contributed by atoms with E-state index >= 15 is 0 Å². The molecule has 1 N–H and O–H groups in total. The summed E-state index contributed by atoms with van der Waals surface area (Å²) in [5.41, 5.74) is 0.873. The fourth-order valence-corrected chi connectivity index (χ4v) is 4.48. The molecule has 3 aromatic rings. The molecule has 208 valence electrons. The van der Waals surface area contributed by atoms with Gasteiger partial charge in [0.05, 0.1) is 11.1 Å². The zero-order chi connectivity index (χ0) is 28.0. The molecule has 0 radical (unpaired) electrons. The number of carbonyl (C=O) groups excluding carboxylic acids is 1. The van der Waals surface area contributed by atoms with Gasteiger partial charge in [0.2, 0.25) is 0 Å². The second-order valence-corrected chi connectivity index (χ2v) is 9.49. The highest BCUT2D eigenvalue weighted by molar-refractivity contribution is 5.98. The van der Waals surface area contributed by atoms with Gasteiger partial charge in [-0.1, -0.05) is 12.1 Å². The summed E-state index contributed by atoms with van der Waals surface area (Å²) in [7, 11) is 0. The van der Waals surface area contributed by atoms with Gasteiger partial charge in [0.25, 0.3) is 0 Å². The maximum atomic E-state index is 13.9. The van der Waals surface area contributed by atoms with Crippen LogP contribution in [0, 0.1) is 11.6 Å². The number of piperazine rings is 1. The lowest BCUT2D eigenvalue weighted by Crippen LogP contribution is -2.49. The number of rotatable bonds is 10. The minimum absolute atomic E-state index is 0.0782. The number of ketones is 1. The summed E-state index contributed by atoms with van der Waals surface area (Å²) >= 11 is 0. The number of carbonyl (C=O) groups is 1. The van der Waals surface area contributed by atoms with E-state index in [4.69, 9.17) is 4.74 Å². The van der Waals surface area contributed by atoms with Crippen molar-refractivity contribution >= 4 is 11.5 Å². The Balaban J connectivity index is 1.26. The van der Waals surface area contributed by atoms with E-state index in [1.165, 1.54) is 36.4 Å². The Kier molecular flexibility index (Phi) is 9.19. The third-order valence-electron chi connectivity index (χ3n) is 6.63. The lowest BCUT2D eigenvalue weighted by atomic mass is 10.0. The quantitative estimate of drug-likeness (QED) is 0.273. The monoisotopic (exact) mass is 548 g/mol. The summed E-state index contributed by atoms with van der Waals surface area (Å²) in [6, 6.07) is 14.5. The maximum Gasteiger partial charge on any atom is 0.416 e. The molecule has 3 aromatic carbocycles. The molecule has 0 bridgehead atoms. The molecule has 0 aliphatic carbocycles. The van der Waals surface area contributed by atoms with Crippen LogP contribution in [0.15, 0.2) is 66.7 Å². The zero-order valence-electron chi connectivity index (χ0n) is 21.1. The Bertz CT molecular complexity index is 1240. The van der Waals surface area contributed by atoms with Gasteiger partial charge in [-0.15, -0.1) is 0 Å². The number of anilines is 1. The summed E-state index contributed by atoms with van der Waals surface area (Å²) < 4.78 is 71.1. The van der Waals surface area contributed by atoms with Crippen molar-refractivity contribution in [1.82, 2.24) is 4.90 Å². The highest BCUT2D eigenvalue weighted by atomic mass is 19.4. The van der Waals surface area contributed by atoms with Crippen LogP contribution in [0.3, 0.4) is 0 Å². The number of aliphatic hydroxyl groups excluding tert-OH is 1. The number of hydrogen-bond acceptors (Lipinski definition) is 5. The Hall–Kier alpha value is -3.50. The van der Waals surface area contributed by atoms with Crippen molar-refractivity contribution in [3.63, 3.8) is 0 Å². The van der Waals surface area contributed by atoms with Gasteiger partial charge in [-0.3, -0.25) is 9.69 Å². The summed E-state index contributed by atoms with van der Waals surface area (Å²) in [4.78, 5) is 16.8. The molecule has 5 nitrogen and oxygen atoms in total. The number of alkyl halides is 3. The van der Waals surface area contributed by atoms with E-state index in [0.717, 1.165) is 23.8 Å². The van der Waals surface area contributed by atoms with Gasteiger partial charge in [-0.2, -0.15) is 13.2 Å². The molecule has 0 saturated carbocycles. The van der Waals surface area contributed by atoms with Crippen LogP contribution in [-0.2, 0) is 12.6 Å². The average Bonchev–Trinajstić information content (AvgIpc) is 2.92. The highest BCUT2D eigenvalue weighted by Gasteiger charge is 2.30. The minimum Gasteiger partial charge on any atom is -0.490 e. The maximum absolute atomic E-state index is 13.9. The van der Waals surface area contributed by atoms with Crippen LogP contribution in [0.2, 0.25) is 0 Å². The van der Waals surface area contributed by atoms with E-state index in [0.29, 0.717) is 44.8 Å². The largest absolute Gasteiger partial charge is 0.490 e. The van der Waals surface area contributed by atoms with Gasteiger partial charge in [0.1, 0.15) is 30.1 Å². The first-order chi connectivity index (χ1) is 18.6. The molecule has 0 amide bonds. The molecular weight excluding hydrogens is 519 g/mol. The SMILES string of the molecule is O=C(CCc1ccc(F)cc1)c1cc(F)ccc1OCC(O)CN1CCN(c2ccc(C(F)(F)F)cc2)CC1. The van der Waals surface area contributed by atoms with Crippen LogP contribution in [0.5, 0.6) is 5.75 Å². The third kappa shape index (κ3) is 8.00. The van der Waals surface area contributed by atoms with Crippen molar-refractivity contribution < 1.29 is 36.6 Å². The van der Waals surface area contributed by atoms with E-state index in [1.54, 1.807) is 12.1 Å². The first kappa shape index (κ1) is 28.5. The zero-order valence-corrected chi connectivity index (χ0v) is 21.1. The van der Waals surface area contributed by atoms with Gasteiger partial charge >= 0.3 is 6.18 Å². The van der Waals surface area contributed by atoms with Gasteiger partial charge in [-0.25, -0.2) is 8.78 Å². The molecule has 1 atom stereocenters. The number of Topliss-reactive ketones (excluding diaryl/α,β-unsaturated/α-hetero) is 1.